The summed E-state index contributed by atoms with van der Waals surface area (Å²) in [7, 11) is 0. The van der Waals surface area contributed by atoms with Crippen LogP contribution in [0.1, 0.15) is 34.7 Å². The first-order valence-corrected chi connectivity index (χ1v) is 7.59. The smallest absolute Gasteiger partial charge is 0.352 e. The molecule has 1 aromatic carbocycles. The highest BCUT2D eigenvalue weighted by Crippen LogP contribution is 2.22. The van der Waals surface area contributed by atoms with E-state index in [4.69, 9.17) is 0 Å². The Morgan fingerprint density at radius 1 is 1.23 bits per heavy atom. The van der Waals surface area contributed by atoms with Gasteiger partial charge < -0.3 is 9.67 Å². The van der Waals surface area contributed by atoms with E-state index in [1.54, 1.807) is 6.07 Å². The van der Waals surface area contributed by atoms with E-state index in [-0.39, 0.29) is 0 Å². The maximum absolute atomic E-state index is 11.5. The molecule has 1 aliphatic rings. The fourth-order valence-electron chi connectivity index (χ4n) is 3.27. The summed E-state index contributed by atoms with van der Waals surface area (Å²) in [6.07, 6.45) is 3.43. The third kappa shape index (κ3) is 2.09. The fraction of sp³-hybridized carbons (Fsp3) is 0.294. The molecule has 1 N–H and O–H groups in total. The summed E-state index contributed by atoms with van der Waals surface area (Å²) in [6, 6.07) is 11.6. The molecular weight excluding hydrogens is 278 g/mol. The molecule has 0 saturated heterocycles. The summed E-state index contributed by atoms with van der Waals surface area (Å²) >= 11 is 0. The standard InChI is InChI=1S/C17H17N3O2/c21-17(22)16-9-12-5-1-2-7-15(12)19(16)11-13-10-14-6-3-4-8-20(14)18-13/h1-2,5,7,9-10H,3-4,6,8,11H2,(H,21,22). The van der Waals surface area contributed by atoms with Crippen molar-refractivity contribution in [2.75, 3.05) is 0 Å². The van der Waals surface area contributed by atoms with Crippen molar-refractivity contribution in [3.63, 3.8) is 0 Å². The Labute approximate surface area is 127 Å². The van der Waals surface area contributed by atoms with Crippen molar-refractivity contribution in [3.8, 4) is 0 Å². The number of hydrogen-bond donors (Lipinski definition) is 1. The monoisotopic (exact) mass is 295 g/mol. The summed E-state index contributed by atoms with van der Waals surface area (Å²) in [5.74, 6) is -0.903. The Morgan fingerprint density at radius 2 is 2.09 bits per heavy atom. The number of hydrogen-bond acceptors (Lipinski definition) is 2. The second-order valence-corrected chi connectivity index (χ2v) is 5.79. The van der Waals surface area contributed by atoms with Gasteiger partial charge in [-0.3, -0.25) is 4.68 Å². The van der Waals surface area contributed by atoms with Gasteiger partial charge in [-0.2, -0.15) is 5.10 Å². The number of carboxylic acid groups (broad SMARTS) is 1. The summed E-state index contributed by atoms with van der Waals surface area (Å²) in [4.78, 5) is 11.5. The predicted molar refractivity (Wildman–Crippen MR) is 83.2 cm³/mol. The van der Waals surface area contributed by atoms with Crippen LogP contribution in [0, 0.1) is 0 Å². The molecule has 0 bridgehead atoms. The fourth-order valence-corrected chi connectivity index (χ4v) is 3.27. The van der Waals surface area contributed by atoms with Crippen LogP contribution in [0.15, 0.2) is 36.4 Å². The van der Waals surface area contributed by atoms with Gasteiger partial charge in [0.2, 0.25) is 0 Å². The van der Waals surface area contributed by atoms with Crippen LogP contribution in [0.25, 0.3) is 10.9 Å². The Bertz CT molecular complexity index is 837. The number of aromatic carboxylic acids is 1. The molecule has 0 atom stereocenters. The number of nitrogens with zero attached hydrogens (tertiary/aromatic N) is 3. The predicted octanol–water partition coefficient (Wildman–Crippen LogP) is 2.92. The maximum Gasteiger partial charge on any atom is 0.352 e. The number of aryl methyl sites for hydroxylation is 2. The molecule has 112 valence electrons. The number of para-hydroxylation sites is 1. The molecule has 0 unspecified atom stereocenters. The van der Waals surface area contributed by atoms with Gasteiger partial charge in [-0.1, -0.05) is 18.2 Å². The lowest BCUT2D eigenvalue weighted by Gasteiger charge is -2.11. The normalized spacial score (nSPS) is 14.2. The molecular formula is C17H17N3O2. The highest BCUT2D eigenvalue weighted by Gasteiger charge is 2.17. The van der Waals surface area contributed by atoms with Crippen molar-refractivity contribution in [1.82, 2.24) is 14.3 Å². The minimum atomic E-state index is -0.903. The molecule has 22 heavy (non-hydrogen) atoms. The molecule has 0 radical (unpaired) electrons. The first-order chi connectivity index (χ1) is 10.7. The van der Waals surface area contributed by atoms with Crippen molar-refractivity contribution in [1.29, 1.82) is 0 Å². The Morgan fingerprint density at radius 3 is 2.91 bits per heavy atom. The third-order valence-corrected chi connectivity index (χ3v) is 4.32. The van der Waals surface area contributed by atoms with Gasteiger partial charge >= 0.3 is 5.97 Å². The lowest BCUT2D eigenvalue weighted by molar-refractivity contribution is 0.0686. The second-order valence-electron chi connectivity index (χ2n) is 5.79. The number of fused-ring (bicyclic) bond motifs is 2. The molecule has 0 saturated carbocycles. The summed E-state index contributed by atoms with van der Waals surface area (Å²) in [5.41, 5.74) is 3.44. The van der Waals surface area contributed by atoms with E-state index in [1.165, 1.54) is 18.5 Å². The van der Waals surface area contributed by atoms with Crippen LogP contribution in [0.2, 0.25) is 0 Å². The van der Waals surface area contributed by atoms with Crippen molar-refractivity contribution < 1.29 is 9.90 Å². The van der Waals surface area contributed by atoms with Gasteiger partial charge in [0, 0.05) is 23.1 Å². The van der Waals surface area contributed by atoms with Gasteiger partial charge in [0.15, 0.2) is 0 Å². The largest absolute Gasteiger partial charge is 0.477 e. The maximum atomic E-state index is 11.5. The van der Waals surface area contributed by atoms with Crippen molar-refractivity contribution in [3.05, 3.63) is 53.5 Å². The van der Waals surface area contributed by atoms with Gasteiger partial charge in [-0.25, -0.2) is 4.79 Å². The number of benzene rings is 1. The van der Waals surface area contributed by atoms with Gasteiger partial charge in [0.25, 0.3) is 0 Å². The van der Waals surface area contributed by atoms with Gasteiger partial charge in [0.05, 0.1) is 12.2 Å². The average Bonchev–Trinajstić information content (AvgIpc) is 3.09. The SMILES string of the molecule is O=C(O)c1cc2ccccc2n1Cc1cc2n(n1)CCCC2. The van der Waals surface area contributed by atoms with Crippen LogP contribution in [0.4, 0.5) is 0 Å². The number of carbonyl (C=O) groups is 1. The molecule has 3 aromatic rings. The van der Waals surface area contributed by atoms with Crippen LogP contribution in [-0.4, -0.2) is 25.4 Å². The molecule has 0 spiro atoms. The summed E-state index contributed by atoms with van der Waals surface area (Å²) in [6.45, 7) is 1.46. The van der Waals surface area contributed by atoms with Gasteiger partial charge in [0.1, 0.15) is 5.69 Å². The van der Waals surface area contributed by atoms with Gasteiger partial charge in [-0.15, -0.1) is 0 Å². The Hall–Kier alpha value is -2.56. The topological polar surface area (TPSA) is 60.0 Å². The quantitative estimate of drug-likeness (QED) is 0.808. The zero-order valence-corrected chi connectivity index (χ0v) is 12.2. The highest BCUT2D eigenvalue weighted by atomic mass is 16.4. The third-order valence-electron chi connectivity index (χ3n) is 4.32. The number of carboxylic acids is 1. The molecule has 1 aliphatic heterocycles. The van der Waals surface area contributed by atoms with E-state index in [9.17, 15) is 9.90 Å². The van der Waals surface area contributed by atoms with E-state index >= 15 is 0 Å². The first kappa shape index (κ1) is 13.1. The first-order valence-electron chi connectivity index (χ1n) is 7.59. The lowest BCUT2D eigenvalue weighted by Crippen LogP contribution is -2.12. The van der Waals surface area contributed by atoms with Crippen LogP contribution in [0.3, 0.4) is 0 Å². The molecule has 0 aliphatic carbocycles. The minimum Gasteiger partial charge on any atom is -0.477 e. The van der Waals surface area contributed by atoms with E-state index < -0.39 is 5.97 Å². The Kier molecular flexibility index (Phi) is 2.99. The van der Waals surface area contributed by atoms with E-state index in [0.29, 0.717) is 12.2 Å². The molecule has 4 rings (SSSR count). The van der Waals surface area contributed by atoms with Gasteiger partial charge in [-0.05, 0) is 37.5 Å². The van der Waals surface area contributed by atoms with Crippen LogP contribution in [-0.2, 0) is 19.5 Å². The summed E-state index contributed by atoms with van der Waals surface area (Å²) < 4.78 is 3.90. The minimum absolute atomic E-state index is 0.312. The highest BCUT2D eigenvalue weighted by molar-refractivity contribution is 5.94. The molecule has 3 heterocycles. The number of rotatable bonds is 3. The zero-order chi connectivity index (χ0) is 15.1. The van der Waals surface area contributed by atoms with Crippen LogP contribution in [0.5, 0.6) is 0 Å². The van der Waals surface area contributed by atoms with E-state index in [0.717, 1.165) is 29.6 Å². The zero-order valence-electron chi connectivity index (χ0n) is 12.2. The molecule has 5 nitrogen and oxygen atoms in total. The molecule has 0 fully saturated rings. The number of aromatic nitrogens is 3. The van der Waals surface area contributed by atoms with E-state index in [1.807, 2.05) is 28.8 Å². The molecule has 5 heteroatoms. The Balaban J connectivity index is 1.78. The average molecular weight is 295 g/mol. The summed E-state index contributed by atoms with van der Waals surface area (Å²) in [5, 5.41) is 15.0. The van der Waals surface area contributed by atoms with Crippen molar-refractivity contribution in [2.24, 2.45) is 0 Å². The second kappa shape index (κ2) is 5.02. The van der Waals surface area contributed by atoms with Crippen molar-refractivity contribution in [2.45, 2.75) is 32.4 Å². The van der Waals surface area contributed by atoms with Crippen LogP contribution < -0.4 is 0 Å². The van der Waals surface area contributed by atoms with Crippen LogP contribution >= 0.6 is 0 Å². The molecule has 0 amide bonds. The molecule has 2 aromatic heterocycles. The lowest BCUT2D eigenvalue weighted by atomic mass is 10.1. The van der Waals surface area contributed by atoms with E-state index in [2.05, 4.69) is 15.8 Å². The van der Waals surface area contributed by atoms with Crippen molar-refractivity contribution >= 4 is 16.9 Å².